The zero-order valence-corrected chi connectivity index (χ0v) is 20.0. The molecule has 5 rings (SSSR count). The second-order valence-electron chi connectivity index (χ2n) is 8.79. The molecule has 2 aliphatic heterocycles. The minimum absolute atomic E-state index is 0.0382. The van der Waals surface area contributed by atoms with E-state index >= 15 is 4.39 Å². The van der Waals surface area contributed by atoms with Gasteiger partial charge in [0.1, 0.15) is 22.4 Å². The first kappa shape index (κ1) is 23.4. The fraction of sp³-hybridized carbons (Fsp3) is 0.320. The van der Waals surface area contributed by atoms with Crippen molar-refractivity contribution in [3.05, 3.63) is 57.4 Å². The summed E-state index contributed by atoms with van der Waals surface area (Å²) in [6.45, 7) is 8.82. The van der Waals surface area contributed by atoms with E-state index in [1.54, 1.807) is 6.20 Å². The third-order valence-corrected chi connectivity index (χ3v) is 7.69. The summed E-state index contributed by atoms with van der Waals surface area (Å²) in [6, 6.07) is 2.01. The second-order valence-corrected chi connectivity index (χ2v) is 9.85. The van der Waals surface area contributed by atoms with Gasteiger partial charge in [0.25, 0.3) is 0 Å². The number of nitrogen functional groups attached to an aromatic ring is 1. The fourth-order valence-electron chi connectivity index (χ4n) is 4.76. The Labute approximate surface area is 204 Å². The highest BCUT2D eigenvalue weighted by atomic mass is 32.1. The first-order chi connectivity index (χ1) is 16.8. The number of nitrogens with two attached hydrogens (primary N) is 1. The third kappa shape index (κ3) is 3.58. The van der Waals surface area contributed by atoms with Gasteiger partial charge >= 0.3 is 0 Å². The van der Waals surface area contributed by atoms with Crippen molar-refractivity contribution in [2.75, 3.05) is 23.7 Å². The monoisotopic (exact) mass is 495 g/mol. The highest BCUT2D eigenvalue weighted by Gasteiger charge is 2.33. The van der Waals surface area contributed by atoms with Crippen LogP contribution in [0.15, 0.2) is 18.9 Å². The summed E-state index contributed by atoms with van der Waals surface area (Å²) in [6.07, 6.45) is 2.32. The summed E-state index contributed by atoms with van der Waals surface area (Å²) in [7, 11) is 0. The smallest absolute Gasteiger partial charge is 0.226 e. The van der Waals surface area contributed by atoms with E-state index in [-0.39, 0.29) is 56.8 Å². The van der Waals surface area contributed by atoms with Crippen LogP contribution in [0.4, 0.5) is 19.7 Å². The number of hydrogen-bond donors (Lipinski definition) is 2. The van der Waals surface area contributed by atoms with E-state index in [0.717, 1.165) is 16.9 Å². The number of allylic oxidation sites excluding steroid dienone is 1. The van der Waals surface area contributed by atoms with E-state index in [0.29, 0.717) is 30.0 Å². The molecule has 3 aromatic rings. The van der Waals surface area contributed by atoms with Gasteiger partial charge in [0, 0.05) is 41.7 Å². The number of halogens is 2. The Hall–Kier alpha value is -3.39. The van der Waals surface area contributed by atoms with Gasteiger partial charge in [-0.25, -0.2) is 18.7 Å². The Morgan fingerprint density at radius 2 is 2.11 bits per heavy atom. The Balaban J connectivity index is 1.73. The van der Waals surface area contributed by atoms with Gasteiger partial charge in [0.2, 0.25) is 5.95 Å². The van der Waals surface area contributed by atoms with Crippen LogP contribution in [-0.4, -0.2) is 34.3 Å². The van der Waals surface area contributed by atoms with Gasteiger partial charge < -0.3 is 20.5 Å². The van der Waals surface area contributed by atoms with Crippen LogP contribution in [0.2, 0.25) is 0 Å². The predicted molar refractivity (Wildman–Crippen MR) is 132 cm³/mol. The van der Waals surface area contributed by atoms with Crippen LogP contribution >= 0.6 is 11.3 Å². The standard InChI is InChI=1S/C25H23F2N5O2S/c1-4-17(26)23-20(13(5-28)24(29)35-23)12(3)19-16-10-34-9-15(16)14-6-30-25(31-22(14)21(19)27)32-7-11(2)18(33)8-32/h4,6,11,18,33H,3,7-10,29H2,1-2H3/b17-4+. The van der Waals surface area contributed by atoms with Gasteiger partial charge in [-0.05, 0) is 23.6 Å². The number of β-amino-alcohol motifs (C(OH)–C–C–N with tert-alkyl or cyclic N) is 1. The maximum Gasteiger partial charge on any atom is 0.226 e. The molecule has 0 radical (unpaired) electrons. The topological polar surface area (TPSA) is 108 Å². The number of ether oxygens (including phenoxy) is 1. The molecular weight excluding hydrogens is 472 g/mol. The predicted octanol–water partition coefficient (Wildman–Crippen LogP) is 4.52. The van der Waals surface area contributed by atoms with E-state index in [4.69, 9.17) is 10.5 Å². The van der Waals surface area contributed by atoms with Gasteiger partial charge in [-0.3, -0.25) is 0 Å². The summed E-state index contributed by atoms with van der Waals surface area (Å²) >= 11 is 0.925. The van der Waals surface area contributed by atoms with Gasteiger partial charge in [-0.15, -0.1) is 11.3 Å². The number of hydrogen-bond acceptors (Lipinski definition) is 8. The van der Waals surface area contributed by atoms with E-state index in [2.05, 4.69) is 16.5 Å². The van der Waals surface area contributed by atoms with Crippen molar-refractivity contribution in [3.8, 4) is 6.07 Å². The van der Waals surface area contributed by atoms with E-state index in [9.17, 15) is 14.8 Å². The Kier molecular flexibility index (Phi) is 5.79. The Morgan fingerprint density at radius 3 is 2.77 bits per heavy atom. The first-order valence-electron chi connectivity index (χ1n) is 11.1. The second kappa shape index (κ2) is 8.68. The van der Waals surface area contributed by atoms with Gasteiger partial charge in [0.15, 0.2) is 5.82 Å². The van der Waals surface area contributed by atoms with Crippen LogP contribution in [0.1, 0.15) is 46.5 Å². The van der Waals surface area contributed by atoms with Crippen molar-refractivity contribution < 1.29 is 18.6 Å². The number of anilines is 2. The van der Waals surface area contributed by atoms with E-state index in [1.165, 1.54) is 13.0 Å². The normalized spacial score (nSPS) is 19.9. The van der Waals surface area contributed by atoms with Gasteiger partial charge in [-0.2, -0.15) is 5.26 Å². The van der Waals surface area contributed by atoms with Crippen LogP contribution < -0.4 is 10.6 Å². The Bertz CT molecular complexity index is 1450. The molecule has 2 aliphatic rings. The molecule has 4 heterocycles. The van der Waals surface area contributed by atoms with Gasteiger partial charge in [0.05, 0.1) is 29.8 Å². The maximum absolute atomic E-state index is 16.2. The fourth-order valence-corrected chi connectivity index (χ4v) is 5.77. The van der Waals surface area contributed by atoms with Crippen molar-refractivity contribution >= 4 is 44.6 Å². The lowest BCUT2D eigenvalue weighted by Crippen LogP contribution is -2.23. The average molecular weight is 496 g/mol. The number of rotatable bonds is 4. The van der Waals surface area contributed by atoms with Crippen molar-refractivity contribution in [3.63, 3.8) is 0 Å². The number of nitriles is 1. The zero-order valence-electron chi connectivity index (χ0n) is 19.2. The molecule has 1 saturated heterocycles. The maximum atomic E-state index is 16.2. The zero-order chi connectivity index (χ0) is 25.0. The Morgan fingerprint density at radius 1 is 1.37 bits per heavy atom. The summed E-state index contributed by atoms with van der Waals surface area (Å²) < 4.78 is 36.6. The highest BCUT2D eigenvalue weighted by Crippen LogP contribution is 2.45. The number of aliphatic hydroxyl groups is 1. The summed E-state index contributed by atoms with van der Waals surface area (Å²) in [5.74, 6) is -0.865. The lowest BCUT2D eigenvalue weighted by atomic mass is 9.89. The number of aromatic nitrogens is 2. The van der Waals surface area contributed by atoms with Crippen LogP contribution in [0.25, 0.3) is 22.3 Å². The molecule has 2 atom stereocenters. The first-order valence-corrected chi connectivity index (χ1v) is 11.9. The molecule has 35 heavy (non-hydrogen) atoms. The molecule has 2 aromatic heterocycles. The number of thiophene rings is 1. The minimum atomic E-state index is -0.647. The molecule has 1 fully saturated rings. The van der Waals surface area contributed by atoms with Crippen LogP contribution in [0, 0.1) is 23.1 Å². The lowest BCUT2D eigenvalue weighted by molar-refractivity contribution is 0.134. The highest BCUT2D eigenvalue weighted by molar-refractivity contribution is 7.17. The minimum Gasteiger partial charge on any atom is -0.391 e. The molecule has 0 aliphatic carbocycles. The van der Waals surface area contributed by atoms with E-state index in [1.807, 2.05) is 17.9 Å². The molecule has 0 bridgehead atoms. The molecule has 180 valence electrons. The number of aliphatic hydroxyl groups excluding tert-OH is 1. The van der Waals surface area contributed by atoms with Crippen molar-refractivity contribution in [1.29, 1.82) is 5.26 Å². The average Bonchev–Trinajstić information content (AvgIpc) is 3.55. The molecule has 2 unspecified atom stereocenters. The largest absolute Gasteiger partial charge is 0.391 e. The van der Waals surface area contributed by atoms with Crippen molar-refractivity contribution in [1.82, 2.24) is 9.97 Å². The quantitative estimate of drug-likeness (QED) is 0.548. The van der Waals surface area contributed by atoms with Gasteiger partial charge in [-0.1, -0.05) is 19.6 Å². The van der Waals surface area contributed by atoms with Crippen molar-refractivity contribution in [2.24, 2.45) is 5.92 Å². The van der Waals surface area contributed by atoms with Crippen LogP contribution in [-0.2, 0) is 18.0 Å². The van der Waals surface area contributed by atoms with Crippen molar-refractivity contribution in [2.45, 2.75) is 33.2 Å². The molecule has 0 amide bonds. The van der Waals surface area contributed by atoms with Crippen LogP contribution in [0.3, 0.4) is 0 Å². The summed E-state index contributed by atoms with van der Waals surface area (Å²) in [5.41, 5.74) is 7.90. The number of nitrogens with zero attached hydrogens (tertiary/aromatic N) is 4. The summed E-state index contributed by atoms with van der Waals surface area (Å²) in [5, 5.41) is 20.5. The lowest BCUT2D eigenvalue weighted by Gasteiger charge is -2.19. The number of fused-ring (bicyclic) bond motifs is 3. The molecule has 1 aromatic carbocycles. The summed E-state index contributed by atoms with van der Waals surface area (Å²) in [4.78, 5) is 10.9. The SMILES string of the molecule is C=C(c1c(/C(F)=C\C)sc(N)c1C#N)c1c2c(c3cnc(N4CC(C)C(O)C4)nc3c1F)COC2. The molecule has 3 N–H and O–H groups in total. The molecule has 0 saturated carbocycles. The molecule has 7 nitrogen and oxygen atoms in total. The van der Waals surface area contributed by atoms with E-state index < -0.39 is 17.7 Å². The molecule has 10 heteroatoms. The number of benzene rings is 1. The molecular formula is C25H23F2N5O2S. The van der Waals surface area contributed by atoms with Crippen LogP contribution in [0.5, 0.6) is 0 Å². The third-order valence-electron chi connectivity index (χ3n) is 6.66. The molecule has 0 spiro atoms.